The largest absolute Gasteiger partial charge is 0.311 e. The van der Waals surface area contributed by atoms with E-state index in [0.717, 1.165) is 35.6 Å². The Morgan fingerprint density at radius 3 is 2.58 bits per heavy atom. The highest BCUT2D eigenvalue weighted by atomic mass is 16.1. The fourth-order valence-electron chi connectivity index (χ4n) is 2.82. The van der Waals surface area contributed by atoms with Crippen LogP contribution >= 0.6 is 0 Å². The molecule has 0 fully saturated rings. The fraction of sp³-hybridized carbons (Fsp3) is 0.333. The molecule has 2 aromatic heterocycles. The number of nitrogens with one attached hydrogen (secondary N) is 1. The molecule has 2 heterocycles. The van der Waals surface area contributed by atoms with Gasteiger partial charge in [0, 0.05) is 32.0 Å². The van der Waals surface area contributed by atoms with E-state index in [4.69, 9.17) is 0 Å². The van der Waals surface area contributed by atoms with Crippen LogP contribution in [0.15, 0.2) is 47.5 Å². The number of hydrogen-bond donors (Lipinski definition) is 1. The molecule has 1 aromatic carbocycles. The van der Waals surface area contributed by atoms with E-state index in [2.05, 4.69) is 10.4 Å². The van der Waals surface area contributed by atoms with Gasteiger partial charge in [0.15, 0.2) is 0 Å². The maximum absolute atomic E-state index is 12.8. The Morgan fingerprint density at radius 2 is 1.92 bits per heavy atom. The van der Waals surface area contributed by atoms with Crippen LogP contribution in [0.2, 0.25) is 0 Å². The van der Waals surface area contributed by atoms with Crippen LogP contribution < -0.4 is 10.9 Å². The summed E-state index contributed by atoms with van der Waals surface area (Å²) in [4.78, 5) is 12.8. The van der Waals surface area contributed by atoms with Crippen molar-refractivity contribution in [2.24, 2.45) is 7.05 Å². The van der Waals surface area contributed by atoms with Crippen LogP contribution in [-0.4, -0.2) is 25.7 Å². The van der Waals surface area contributed by atoms with E-state index in [0.29, 0.717) is 6.54 Å². The quantitative estimate of drug-likeness (QED) is 0.703. The summed E-state index contributed by atoms with van der Waals surface area (Å²) in [6.45, 7) is 6.11. The molecule has 3 rings (SSSR count). The Hall–Kier alpha value is -2.60. The smallest absolute Gasteiger partial charge is 0.276 e. The van der Waals surface area contributed by atoms with Gasteiger partial charge in [-0.15, -0.1) is 0 Å². The van der Waals surface area contributed by atoms with Crippen molar-refractivity contribution in [3.8, 4) is 5.69 Å². The fourth-order valence-corrected chi connectivity index (χ4v) is 2.82. The molecule has 0 aliphatic rings. The highest BCUT2D eigenvalue weighted by Crippen LogP contribution is 2.09. The average molecular weight is 325 g/mol. The first-order chi connectivity index (χ1) is 11.6. The van der Waals surface area contributed by atoms with Crippen LogP contribution in [0.3, 0.4) is 0 Å². The topological polar surface area (TPSA) is 56.8 Å². The van der Waals surface area contributed by atoms with Crippen LogP contribution in [0.25, 0.3) is 5.69 Å². The van der Waals surface area contributed by atoms with E-state index >= 15 is 0 Å². The Balaban J connectivity index is 1.71. The van der Waals surface area contributed by atoms with Crippen molar-refractivity contribution in [2.45, 2.75) is 26.9 Å². The van der Waals surface area contributed by atoms with Gasteiger partial charge in [-0.2, -0.15) is 5.10 Å². The summed E-state index contributed by atoms with van der Waals surface area (Å²) < 4.78 is 5.52. The Morgan fingerprint density at radius 1 is 1.17 bits per heavy atom. The van der Waals surface area contributed by atoms with Gasteiger partial charge in [-0.1, -0.05) is 18.2 Å². The summed E-state index contributed by atoms with van der Waals surface area (Å²) in [6, 6.07) is 9.71. The zero-order valence-electron chi connectivity index (χ0n) is 14.4. The van der Waals surface area contributed by atoms with Gasteiger partial charge < -0.3 is 5.32 Å². The van der Waals surface area contributed by atoms with Crippen molar-refractivity contribution < 1.29 is 0 Å². The number of hydrogen-bond acceptors (Lipinski definition) is 3. The number of aromatic nitrogens is 4. The average Bonchev–Trinajstić information content (AvgIpc) is 3.08. The predicted octanol–water partition coefficient (Wildman–Crippen LogP) is 1.78. The number of para-hydroxylation sites is 1. The summed E-state index contributed by atoms with van der Waals surface area (Å²) >= 11 is 0. The molecular weight excluding hydrogens is 302 g/mol. The van der Waals surface area contributed by atoms with Crippen LogP contribution in [0, 0.1) is 13.8 Å². The van der Waals surface area contributed by atoms with E-state index in [1.54, 1.807) is 4.68 Å². The Kier molecular flexibility index (Phi) is 4.66. The van der Waals surface area contributed by atoms with Crippen molar-refractivity contribution >= 4 is 0 Å². The molecule has 0 aliphatic carbocycles. The minimum Gasteiger partial charge on any atom is -0.311 e. The van der Waals surface area contributed by atoms with Gasteiger partial charge in [-0.05, 0) is 31.5 Å². The molecule has 0 spiro atoms. The van der Waals surface area contributed by atoms with Gasteiger partial charge in [-0.25, -0.2) is 4.68 Å². The summed E-state index contributed by atoms with van der Waals surface area (Å²) in [5.41, 5.74) is 3.85. The highest BCUT2D eigenvalue weighted by molar-refractivity contribution is 5.33. The van der Waals surface area contributed by atoms with E-state index in [1.165, 1.54) is 0 Å². The highest BCUT2D eigenvalue weighted by Gasteiger charge is 2.15. The summed E-state index contributed by atoms with van der Waals surface area (Å²) in [7, 11) is 1.92. The number of nitrogens with zero attached hydrogens (tertiary/aromatic N) is 4. The number of benzene rings is 1. The molecular formula is C18H23N5O. The minimum atomic E-state index is 0.0311. The summed E-state index contributed by atoms with van der Waals surface area (Å²) in [5.74, 6) is 0. The normalized spacial score (nSPS) is 11.1. The molecule has 0 saturated heterocycles. The van der Waals surface area contributed by atoms with E-state index in [1.807, 2.05) is 73.0 Å². The minimum absolute atomic E-state index is 0.0311. The molecule has 6 heteroatoms. The molecule has 0 atom stereocenters. The van der Waals surface area contributed by atoms with Gasteiger partial charge in [0.1, 0.15) is 0 Å². The van der Waals surface area contributed by atoms with Crippen LogP contribution in [-0.2, 0) is 20.1 Å². The van der Waals surface area contributed by atoms with Gasteiger partial charge in [0.05, 0.1) is 24.0 Å². The van der Waals surface area contributed by atoms with Crippen molar-refractivity contribution in [1.82, 2.24) is 24.5 Å². The Labute approximate surface area is 141 Å². The van der Waals surface area contributed by atoms with Crippen LogP contribution in [0.1, 0.15) is 16.8 Å². The van der Waals surface area contributed by atoms with E-state index in [-0.39, 0.29) is 5.56 Å². The first kappa shape index (κ1) is 16.3. The third-order valence-corrected chi connectivity index (χ3v) is 4.26. The van der Waals surface area contributed by atoms with Crippen molar-refractivity contribution in [2.75, 3.05) is 6.54 Å². The molecule has 0 radical (unpaired) electrons. The predicted molar refractivity (Wildman–Crippen MR) is 94.4 cm³/mol. The molecule has 0 saturated carbocycles. The van der Waals surface area contributed by atoms with Gasteiger partial charge >= 0.3 is 0 Å². The first-order valence-electron chi connectivity index (χ1n) is 8.10. The monoisotopic (exact) mass is 325 g/mol. The van der Waals surface area contributed by atoms with Gasteiger partial charge in [-0.3, -0.25) is 14.2 Å². The Bertz CT molecular complexity index is 873. The molecule has 0 aliphatic heterocycles. The third kappa shape index (κ3) is 3.19. The second-order valence-corrected chi connectivity index (χ2v) is 6.00. The first-order valence-corrected chi connectivity index (χ1v) is 8.10. The van der Waals surface area contributed by atoms with Gasteiger partial charge in [0.25, 0.3) is 5.56 Å². The number of aryl methyl sites for hydroxylation is 1. The maximum Gasteiger partial charge on any atom is 0.276 e. The molecule has 0 unspecified atom stereocenters. The molecule has 6 nitrogen and oxygen atoms in total. The SMILES string of the molecule is Cc1cnn(CCNCc2c(C)n(C)n(-c3ccccc3)c2=O)c1. The summed E-state index contributed by atoms with van der Waals surface area (Å²) in [5, 5.41) is 7.61. The lowest BCUT2D eigenvalue weighted by Gasteiger charge is -2.07. The molecule has 1 N–H and O–H groups in total. The molecule has 3 aromatic rings. The number of rotatable bonds is 6. The van der Waals surface area contributed by atoms with Crippen molar-refractivity contribution in [3.63, 3.8) is 0 Å². The molecule has 24 heavy (non-hydrogen) atoms. The van der Waals surface area contributed by atoms with Crippen molar-refractivity contribution in [1.29, 1.82) is 0 Å². The van der Waals surface area contributed by atoms with Crippen molar-refractivity contribution in [3.05, 3.63) is 69.9 Å². The lowest BCUT2D eigenvalue weighted by atomic mass is 10.2. The van der Waals surface area contributed by atoms with Gasteiger partial charge in [0.2, 0.25) is 0 Å². The van der Waals surface area contributed by atoms with Crippen LogP contribution in [0.4, 0.5) is 0 Å². The van der Waals surface area contributed by atoms with E-state index in [9.17, 15) is 4.79 Å². The second-order valence-electron chi connectivity index (χ2n) is 6.00. The molecule has 0 bridgehead atoms. The second kappa shape index (κ2) is 6.88. The van der Waals surface area contributed by atoms with E-state index < -0.39 is 0 Å². The lowest BCUT2D eigenvalue weighted by Crippen LogP contribution is -2.25. The molecule has 126 valence electrons. The molecule has 0 amide bonds. The zero-order valence-corrected chi connectivity index (χ0v) is 14.4. The standard InChI is InChI=1S/C18H23N5O/c1-14-11-20-22(13-14)10-9-19-12-17-15(2)21(3)23(18(17)24)16-7-5-4-6-8-16/h4-8,11,13,19H,9-10,12H2,1-3H3. The summed E-state index contributed by atoms with van der Waals surface area (Å²) in [6.07, 6.45) is 3.86. The maximum atomic E-state index is 12.8. The zero-order chi connectivity index (χ0) is 17.1. The van der Waals surface area contributed by atoms with Crippen LogP contribution in [0.5, 0.6) is 0 Å². The third-order valence-electron chi connectivity index (χ3n) is 4.26. The lowest BCUT2D eigenvalue weighted by molar-refractivity contribution is 0.553.